The van der Waals surface area contributed by atoms with Crippen LogP contribution >= 0.6 is 0 Å². The van der Waals surface area contributed by atoms with Gasteiger partial charge in [0.25, 0.3) is 0 Å². The summed E-state index contributed by atoms with van der Waals surface area (Å²) < 4.78 is 0. The van der Waals surface area contributed by atoms with Crippen molar-refractivity contribution in [1.29, 1.82) is 0 Å². The molecule has 1 rings (SSSR count). The SMILES string of the molecule is CCCCCC[C@H](C)N[C@H]1CCN(C)C1. The molecule has 90 valence electrons. The van der Waals surface area contributed by atoms with Crippen molar-refractivity contribution in [1.82, 2.24) is 10.2 Å². The summed E-state index contributed by atoms with van der Waals surface area (Å²) in [5.41, 5.74) is 0. The maximum atomic E-state index is 3.74. The highest BCUT2D eigenvalue weighted by Crippen LogP contribution is 2.10. The molecule has 0 aromatic rings. The van der Waals surface area contributed by atoms with E-state index in [1.807, 2.05) is 0 Å². The van der Waals surface area contributed by atoms with Crippen LogP contribution in [0.25, 0.3) is 0 Å². The lowest BCUT2D eigenvalue weighted by molar-refractivity contribution is 0.376. The van der Waals surface area contributed by atoms with E-state index in [1.54, 1.807) is 0 Å². The summed E-state index contributed by atoms with van der Waals surface area (Å²) in [4.78, 5) is 2.42. The lowest BCUT2D eigenvalue weighted by Gasteiger charge is -2.19. The Morgan fingerprint density at radius 1 is 1.33 bits per heavy atom. The van der Waals surface area contributed by atoms with E-state index < -0.39 is 0 Å². The molecule has 15 heavy (non-hydrogen) atoms. The van der Waals surface area contributed by atoms with Gasteiger partial charge in [0.2, 0.25) is 0 Å². The Kier molecular flexibility index (Phi) is 6.26. The lowest BCUT2D eigenvalue weighted by atomic mass is 10.1. The third kappa shape index (κ3) is 5.53. The van der Waals surface area contributed by atoms with Crippen LogP contribution in [0.15, 0.2) is 0 Å². The molecule has 0 radical (unpaired) electrons. The van der Waals surface area contributed by atoms with Gasteiger partial charge < -0.3 is 10.2 Å². The molecular formula is C13H28N2. The van der Waals surface area contributed by atoms with Crippen molar-refractivity contribution >= 4 is 0 Å². The van der Waals surface area contributed by atoms with Crippen LogP contribution in [0, 0.1) is 0 Å². The van der Waals surface area contributed by atoms with Crippen LogP contribution in [0.5, 0.6) is 0 Å². The fourth-order valence-electron chi connectivity index (χ4n) is 2.43. The van der Waals surface area contributed by atoms with Gasteiger partial charge in [-0.15, -0.1) is 0 Å². The molecule has 2 nitrogen and oxygen atoms in total. The molecule has 0 saturated carbocycles. The predicted octanol–water partition coefficient (Wildman–Crippen LogP) is 2.64. The van der Waals surface area contributed by atoms with Crippen molar-refractivity contribution in [2.45, 2.75) is 64.5 Å². The Morgan fingerprint density at radius 2 is 2.13 bits per heavy atom. The monoisotopic (exact) mass is 212 g/mol. The molecule has 2 atom stereocenters. The largest absolute Gasteiger partial charge is 0.310 e. The van der Waals surface area contributed by atoms with Gasteiger partial charge >= 0.3 is 0 Å². The number of likely N-dealkylation sites (N-methyl/N-ethyl adjacent to an activating group) is 1. The Morgan fingerprint density at radius 3 is 2.73 bits per heavy atom. The fourth-order valence-corrected chi connectivity index (χ4v) is 2.43. The van der Waals surface area contributed by atoms with Crippen LogP contribution in [-0.4, -0.2) is 37.1 Å². The number of likely N-dealkylation sites (tertiary alicyclic amines) is 1. The Hall–Kier alpha value is -0.0800. The highest BCUT2D eigenvalue weighted by Gasteiger charge is 2.20. The van der Waals surface area contributed by atoms with Gasteiger partial charge in [-0.2, -0.15) is 0 Å². The van der Waals surface area contributed by atoms with E-state index in [-0.39, 0.29) is 0 Å². The zero-order valence-electron chi connectivity index (χ0n) is 10.8. The number of nitrogens with zero attached hydrogens (tertiary/aromatic N) is 1. The Labute approximate surface area is 95.4 Å². The third-order valence-electron chi connectivity index (χ3n) is 3.40. The molecule has 1 fully saturated rings. The van der Waals surface area contributed by atoms with Crippen molar-refractivity contribution in [3.63, 3.8) is 0 Å². The van der Waals surface area contributed by atoms with Gasteiger partial charge in [0.1, 0.15) is 0 Å². The van der Waals surface area contributed by atoms with Crippen LogP contribution in [-0.2, 0) is 0 Å². The first-order valence-electron chi connectivity index (χ1n) is 6.67. The van der Waals surface area contributed by atoms with Gasteiger partial charge in [0.15, 0.2) is 0 Å². The molecule has 2 heteroatoms. The molecule has 0 aliphatic carbocycles. The average Bonchev–Trinajstić information content (AvgIpc) is 2.59. The Bertz CT molecular complexity index is 159. The quantitative estimate of drug-likeness (QED) is 0.653. The van der Waals surface area contributed by atoms with Crippen LogP contribution in [0.2, 0.25) is 0 Å². The van der Waals surface area contributed by atoms with E-state index >= 15 is 0 Å². The van der Waals surface area contributed by atoms with Crippen molar-refractivity contribution < 1.29 is 0 Å². The van der Waals surface area contributed by atoms with E-state index in [1.165, 1.54) is 51.6 Å². The number of unbranched alkanes of at least 4 members (excludes halogenated alkanes) is 3. The molecular weight excluding hydrogens is 184 g/mol. The average molecular weight is 212 g/mol. The van der Waals surface area contributed by atoms with Gasteiger partial charge in [0, 0.05) is 18.6 Å². The highest BCUT2D eigenvalue weighted by molar-refractivity contribution is 4.80. The Balaban J connectivity index is 2.00. The molecule has 0 unspecified atom stereocenters. The number of hydrogen-bond donors (Lipinski definition) is 1. The third-order valence-corrected chi connectivity index (χ3v) is 3.40. The molecule has 0 aromatic carbocycles. The standard InChI is InChI=1S/C13H28N2/c1-4-5-6-7-8-12(2)14-13-9-10-15(3)11-13/h12-14H,4-11H2,1-3H3/t12-,13-/m0/s1. The zero-order valence-corrected chi connectivity index (χ0v) is 10.8. The second kappa shape index (κ2) is 7.24. The zero-order chi connectivity index (χ0) is 11.1. The predicted molar refractivity (Wildman–Crippen MR) is 67.3 cm³/mol. The second-order valence-electron chi connectivity index (χ2n) is 5.16. The fraction of sp³-hybridized carbons (Fsp3) is 1.00. The smallest absolute Gasteiger partial charge is 0.0209 e. The molecule has 1 aliphatic rings. The maximum Gasteiger partial charge on any atom is 0.0209 e. The molecule has 0 bridgehead atoms. The minimum absolute atomic E-state index is 0.707. The van der Waals surface area contributed by atoms with Gasteiger partial charge in [0.05, 0.1) is 0 Å². The minimum Gasteiger partial charge on any atom is -0.310 e. The summed E-state index contributed by atoms with van der Waals surface area (Å²) in [6.45, 7) is 7.11. The number of nitrogens with one attached hydrogen (secondary N) is 1. The summed E-state index contributed by atoms with van der Waals surface area (Å²) in [7, 11) is 2.22. The molecule has 1 saturated heterocycles. The van der Waals surface area contributed by atoms with Crippen LogP contribution in [0.4, 0.5) is 0 Å². The van der Waals surface area contributed by atoms with E-state index in [0.717, 1.165) is 6.04 Å². The molecule has 1 heterocycles. The van der Waals surface area contributed by atoms with Crippen molar-refractivity contribution in [3.05, 3.63) is 0 Å². The first kappa shape index (κ1) is 13.0. The minimum atomic E-state index is 0.707. The molecule has 1 aliphatic heterocycles. The molecule has 0 amide bonds. The van der Waals surface area contributed by atoms with Crippen molar-refractivity contribution in [2.75, 3.05) is 20.1 Å². The first-order valence-corrected chi connectivity index (χ1v) is 6.67. The summed E-state index contributed by atoms with van der Waals surface area (Å²) >= 11 is 0. The van der Waals surface area contributed by atoms with E-state index in [9.17, 15) is 0 Å². The summed E-state index contributed by atoms with van der Waals surface area (Å²) in [6, 6.07) is 1.45. The van der Waals surface area contributed by atoms with Gasteiger partial charge in [-0.3, -0.25) is 0 Å². The summed E-state index contributed by atoms with van der Waals surface area (Å²) in [5, 5.41) is 3.74. The molecule has 0 spiro atoms. The molecule has 1 N–H and O–H groups in total. The molecule has 0 aromatic heterocycles. The van der Waals surface area contributed by atoms with Gasteiger partial charge in [-0.25, -0.2) is 0 Å². The van der Waals surface area contributed by atoms with E-state index in [0.29, 0.717) is 6.04 Å². The topological polar surface area (TPSA) is 15.3 Å². The van der Waals surface area contributed by atoms with Crippen LogP contribution in [0.3, 0.4) is 0 Å². The van der Waals surface area contributed by atoms with Gasteiger partial charge in [-0.05, 0) is 33.4 Å². The highest BCUT2D eigenvalue weighted by atomic mass is 15.2. The first-order chi connectivity index (χ1) is 7.22. The maximum absolute atomic E-state index is 3.74. The lowest BCUT2D eigenvalue weighted by Crippen LogP contribution is -2.38. The van der Waals surface area contributed by atoms with Crippen molar-refractivity contribution in [3.8, 4) is 0 Å². The van der Waals surface area contributed by atoms with Gasteiger partial charge in [-0.1, -0.05) is 32.6 Å². The summed E-state index contributed by atoms with van der Waals surface area (Å²) in [6.07, 6.45) is 8.22. The normalized spacial score (nSPS) is 24.6. The van der Waals surface area contributed by atoms with Crippen LogP contribution in [0.1, 0.15) is 52.4 Å². The van der Waals surface area contributed by atoms with E-state index in [2.05, 4.69) is 31.1 Å². The van der Waals surface area contributed by atoms with E-state index in [4.69, 9.17) is 0 Å². The number of hydrogen-bond acceptors (Lipinski definition) is 2. The van der Waals surface area contributed by atoms with Crippen LogP contribution < -0.4 is 5.32 Å². The van der Waals surface area contributed by atoms with Crippen molar-refractivity contribution in [2.24, 2.45) is 0 Å². The second-order valence-corrected chi connectivity index (χ2v) is 5.16. The summed E-state index contributed by atoms with van der Waals surface area (Å²) in [5.74, 6) is 0. The number of rotatable bonds is 7.